The smallest absolute Gasteiger partial charge is 0.164 e. The Bertz CT molecular complexity index is 2790. The van der Waals surface area contributed by atoms with Crippen LogP contribution in [-0.2, 0) is 0 Å². The van der Waals surface area contributed by atoms with Crippen LogP contribution in [0.3, 0.4) is 0 Å². The molecule has 0 saturated carbocycles. The van der Waals surface area contributed by atoms with Gasteiger partial charge in [-0.15, -0.1) is 0 Å². The van der Waals surface area contributed by atoms with Crippen LogP contribution in [0.15, 0.2) is 167 Å². The number of hydrogen-bond donors (Lipinski definition) is 0. The third-order valence-corrected chi connectivity index (χ3v) is 9.67. The number of allylic oxidation sites excluding steroid dienone is 4. The van der Waals surface area contributed by atoms with Gasteiger partial charge in [0, 0.05) is 44.2 Å². The van der Waals surface area contributed by atoms with Crippen molar-refractivity contribution in [1.29, 1.82) is 0 Å². The molecule has 10 rings (SSSR count). The van der Waals surface area contributed by atoms with E-state index in [-0.39, 0.29) is 5.92 Å². The predicted molar refractivity (Wildman–Crippen MR) is 202 cm³/mol. The molecular weight excluding hydrogens is 615 g/mol. The van der Waals surface area contributed by atoms with Crippen molar-refractivity contribution in [2.24, 2.45) is 0 Å². The molecule has 0 amide bonds. The molecule has 5 heteroatoms. The second kappa shape index (κ2) is 11.5. The number of rotatable bonds is 5. The minimum absolute atomic E-state index is 0.0428. The van der Waals surface area contributed by atoms with Crippen LogP contribution in [0.5, 0.6) is 0 Å². The fourth-order valence-corrected chi connectivity index (χ4v) is 7.18. The van der Waals surface area contributed by atoms with Crippen molar-refractivity contribution < 1.29 is 8.83 Å². The molecule has 0 N–H and O–H groups in total. The van der Waals surface area contributed by atoms with E-state index in [1.165, 1.54) is 11.1 Å². The Kier molecular flexibility index (Phi) is 6.56. The van der Waals surface area contributed by atoms with Gasteiger partial charge in [0.1, 0.15) is 28.2 Å². The maximum absolute atomic E-state index is 6.65. The molecule has 236 valence electrons. The van der Waals surface area contributed by atoms with Gasteiger partial charge in [0.05, 0.1) is 0 Å². The minimum atomic E-state index is 0.0428. The Morgan fingerprint density at radius 2 is 1.18 bits per heavy atom. The van der Waals surface area contributed by atoms with Crippen molar-refractivity contribution in [2.75, 3.05) is 0 Å². The van der Waals surface area contributed by atoms with Gasteiger partial charge in [-0.2, -0.15) is 0 Å². The molecule has 9 aromatic rings. The molecule has 0 fully saturated rings. The fraction of sp³-hybridized carbons (Fsp3) is 0.0444. The SMILES string of the molecule is C1=CCC(c2nc(-c3ccc4c(c3)oc3ccccc34)nc(-c3cccc4oc5c(-c6ccc(-c7ccccc7)cc6)cccc5c34)n2)C=C1. The molecule has 1 aliphatic carbocycles. The summed E-state index contributed by atoms with van der Waals surface area (Å²) >= 11 is 0. The van der Waals surface area contributed by atoms with Crippen LogP contribution in [0, 0.1) is 0 Å². The van der Waals surface area contributed by atoms with E-state index in [0.717, 1.165) is 78.4 Å². The number of nitrogens with zero attached hydrogens (tertiary/aromatic N) is 3. The minimum Gasteiger partial charge on any atom is -0.456 e. The van der Waals surface area contributed by atoms with Crippen molar-refractivity contribution in [3.63, 3.8) is 0 Å². The van der Waals surface area contributed by atoms with Crippen LogP contribution in [0.4, 0.5) is 0 Å². The Labute approximate surface area is 287 Å². The van der Waals surface area contributed by atoms with E-state index in [9.17, 15) is 0 Å². The quantitative estimate of drug-likeness (QED) is 0.187. The van der Waals surface area contributed by atoms with E-state index < -0.39 is 0 Å². The molecule has 6 aromatic carbocycles. The third kappa shape index (κ3) is 4.74. The Morgan fingerprint density at radius 3 is 2.06 bits per heavy atom. The van der Waals surface area contributed by atoms with Crippen LogP contribution in [0.1, 0.15) is 18.2 Å². The van der Waals surface area contributed by atoms with Crippen molar-refractivity contribution in [2.45, 2.75) is 12.3 Å². The van der Waals surface area contributed by atoms with Gasteiger partial charge in [-0.25, -0.2) is 15.0 Å². The molecular formula is C45H29N3O2. The molecule has 0 aliphatic heterocycles. The van der Waals surface area contributed by atoms with Crippen LogP contribution in [0.25, 0.3) is 88.9 Å². The number of benzene rings is 6. The molecule has 1 aliphatic rings. The summed E-state index contributed by atoms with van der Waals surface area (Å²) in [6.45, 7) is 0. The van der Waals surface area contributed by atoms with Crippen LogP contribution < -0.4 is 0 Å². The van der Waals surface area contributed by atoms with Gasteiger partial charge in [0.15, 0.2) is 11.6 Å². The van der Waals surface area contributed by atoms with E-state index in [4.69, 9.17) is 23.8 Å². The molecule has 0 saturated heterocycles. The summed E-state index contributed by atoms with van der Waals surface area (Å²) in [5, 5.41) is 4.17. The second-order valence-electron chi connectivity index (χ2n) is 12.7. The third-order valence-electron chi connectivity index (χ3n) is 9.67. The first-order chi connectivity index (χ1) is 24.8. The summed E-state index contributed by atoms with van der Waals surface area (Å²) in [5.74, 6) is 2.00. The number of para-hydroxylation sites is 2. The highest BCUT2D eigenvalue weighted by Crippen LogP contribution is 2.41. The second-order valence-corrected chi connectivity index (χ2v) is 12.7. The monoisotopic (exact) mass is 643 g/mol. The number of hydrogen-bond acceptors (Lipinski definition) is 5. The van der Waals surface area contributed by atoms with Crippen LogP contribution in [-0.4, -0.2) is 15.0 Å². The van der Waals surface area contributed by atoms with Crippen molar-refractivity contribution in [1.82, 2.24) is 15.0 Å². The lowest BCUT2D eigenvalue weighted by Gasteiger charge is -2.14. The van der Waals surface area contributed by atoms with E-state index in [1.807, 2.05) is 42.5 Å². The number of furan rings is 2. The lowest BCUT2D eigenvalue weighted by molar-refractivity contribution is 0.669. The average molecular weight is 644 g/mol. The van der Waals surface area contributed by atoms with Crippen molar-refractivity contribution in [3.05, 3.63) is 164 Å². The highest BCUT2D eigenvalue weighted by atomic mass is 16.3. The molecule has 1 atom stereocenters. The van der Waals surface area contributed by atoms with Gasteiger partial charge in [0.25, 0.3) is 0 Å². The molecule has 50 heavy (non-hydrogen) atoms. The standard InChI is InChI=1S/C45H29N3O2/c1-3-11-28(12-4-1)29-21-23-30(24-22-29)33-16-9-17-36-41-37(18-10-20-39(41)50-42(33)36)45-47-43(31-13-5-2-6-14-31)46-44(48-45)32-25-26-35-34-15-7-8-19-38(34)49-40(35)27-32/h1-13,15-27,31H,14H2. The van der Waals surface area contributed by atoms with Crippen molar-refractivity contribution in [3.8, 4) is 45.0 Å². The lowest BCUT2D eigenvalue weighted by atomic mass is 9.98. The Hall–Kier alpha value is -6.59. The van der Waals surface area contributed by atoms with E-state index in [2.05, 4.69) is 115 Å². The molecule has 0 spiro atoms. The largest absolute Gasteiger partial charge is 0.456 e. The zero-order valence-electron chi connectivity index (χ0n) is 27.0. The first kappa shape index (κ1) is 28.4. The summed E-state index contributed by atoms with van der Waals surface area (Å²) in [5.41, 5.74) is 9.59. The number of fused-ring (bicyclic) bond motifs is 6. The first-order valence-corrected chi connectivity index (χ1v) is 16.9. The molecule has 1 unspecified atom stereocenters. The summed E-state index contributed by atoms with van der Waals surface area (Å²) in [6.07, 6.45) is 9.28. The molecule has 3 aromatic heterocycles. The van der Waals surface area contributed by atoms with E-state index in [0.29, 0.717) is 11.6 Å². The van der Waals surface area contributed by atoms with Crippen LogP contribution >= 0.6 is 0 Å². The van der Waals surface area contributed by atoms with Crippen LogP contribution in [0.2, 0.25) is 0 Å². The fourth-order valence-electron chi connectivity index (χ4n) is 7.18. The topological polar surface area (TPSA) is 65.0 Å². The van der Waals surface area contributed by atoms with Crippen molar-refractivity contribution >= 4 is 43.9 Å². The molecule has 3 heterocycles. The maximum Gasteiger partial charge on any atom is 0.164 e. The zero-order chi connectivity index (χ0) is 33.0. The highest BCUT2D eigenvalue weighted by Gasteiger charge is 2.22. The molecule has 0 radical (unpaired) electrons. The highest BCUT2D eigenvalue weighted by molar-refractivity contribution is 6.15. The number of aromatic nitrogens is 3. The average Bonchev–Trinajstić information content (AvgIpc) is 3.77. The van der Waals surface area contributed by atoms with E-state index >= 15 is 0 Å². The van der Waals surface area contributed by atoms with Gasteiger partial charge in [-0.05, 0) is 47.4 Å². The summed E-state index contributed by atoms with van der Waals surface area (Å²) < 4.78 is 12.9. The van der Waals surface area contributed by atoms with Gasteiger partial charge in [-0.1, -0.05) is 133 Å². The summed E-state index contributed by atoms with van der Waals surface area (Å²) in [4.78, 5) is 15.3. The summed E-state index contributed by atoms with van der Waals surface area (Å²) in [7, 11) is 0. The first-order valence-electron chi connectivity index (χ1n) is 16.9. The van der Waals surface area contributed by atoms with E-state index in [1.54, 1.807) is 0 Å². The lowest BCUT2D eigenvalue weighted by Crippen LogP contribution is -2.08. The molecule has 0 bridgehead atoms. The zero-order valence-corrected chi connectivity index (χ0v) is 27.0. The predicted octanol–water partition coefficient (Wildman–Crippen LogP) is 11.9. The summed E-state index contributed by atoms with van der Waals surface area (Å²) in [6, 6.07) is 45.9. The van der Waals surface area contributed by atoms with Gasteiger partial charge >= 0.3 is 0 Å². The van der Waals surface area contributed by atoms with Gasteiger partial charge < -0.3 is 8.83 Å². The Balaban J connectivity index is 1.13. The van der Waals surface area contributed by atoms with Gasteiger partial charge in [0.2, 0.25) is 0 Å². The normalized spacial score (nSPS) is 14.4. The maximum atomic E-state index is 6.65. The molecule has 5 nitrogen and oxygen atoms in total. The van der Waals surface area contributed by atoms with Gasteiger partial charge in [-0.3, -0.25) is 0 Å². The Morgan fingerprint density at radius 1 is 0.480 bits per heavy atom.